The molecule has 0 aliphatic carbocycles. The Bertz CT molecular complexity index is 829. The highest BCUT2D eigenvalue weighted by Gasteiger charge is 2.25. The molecule has 0 aromatic rings. The first-order chi connectivity index (χ1) is 17.9. The van der Waals surface area contributed by atoms with E-state index in [4.69, 9.17) is 14.2 Å². The number of allylic oxidation sites excluding steroid dienone is 12. The summed E-state index contributed by atoms with van der Waals surface area (Å²) in [6.45, 7) is 8.39. The Hall–Kier alpha value is -3.41. The van der Waals surface area contributed by atoms with Crippen molar-refractivity contribution in [3.05, 3.63) is 85.6 Å². The fourth-order valence-corrected chi connectivity index (χ4v) is 2.72. The van der Waals surface area contributed by atoms with Gasteiger partial charge < -0.3 is 14.2 Å². The molecule has 0 unspecified atom stereocenters. The van der Waals surface area contributed by atoms with E-state index < -0.39 is 30.1 Å². The van der Waals surface area contributed by atoms with Crippen molar-refractivity contribution in [1.29, 1.82) is 0 Å². The monoisotopic (exact) mass is 512 g/mol. The number of hydrogen-bond donors (Lipinski definition) is 0. The molecular formula is C31H44O6. The van der Waals surface area contributed by atoms with Gasteiger partial charge in [0.05, 0.1) is 0 Å². The molecule has 0 radical (unpaired) electrons. The lowest BCUT2D eigenvalue weighted by Crippen LogP contribution is -2.33. The van der Waals surface area contributed by atoms with Gasteiger partial charge in [0, 0.05) is 6.42 Å². The molecule has 0 bridgehead atoms. The van der Waals surface area contributed by atoms with Crippen LogP contribution >= 0.6 is 0 Å². The quantitative estimate of drug-likeness (QED) is 0.0987. The molecule has 0 rings (SSSR count). The lowest BCUT2D eigenvalue weighted by atomic mass is 10.2. The van der Waals surface area contributed by atoms with Crippen molar-refractivity contribution in [2.45, 2.75) is 84.3 Å². The van der Waals surface area contributed by atoms with Crippen LogP contribution in [0.3, 0.4) is 0 Å². The van der Waals surface area contributed by atoms with E-state index in [1.165, 1.54) is 19.9 Å². The second-order valence-corrected chi connectivity index (χ2v) is 8.08. The van der Waals surface area contributed by atoms with Crippen LogP contribution in [0.2, 0.25) is 0 Å². The van der Waals surface area contributed by atoms with Gasteiger partial charge >= 0.3 is 17.9 Å². The first-order valence-corrected chi connectivity index (χ1v) is 13.0. The van der Waals surface area contributed by atoms with E-state index in [1.54, 1.807) is 0 Å². The minimum absolute atomic E-state index is 0.0276. The van der Waals surface area contributed by atoms with Crippen LogP contribution in [0.25, 0.3) is 0 Å². The first kappa shape index (κ1) is 33.6. The summed E-state index contributed by atoms with van der Waals surface area (Å²) in [6, 6.07) is 0. The normalized spacial score (nSPS) is 13.8. The fraction of sp³-hybridized carbons (Fsp3) is 0.452. The third-order valence-electron chi connectivity index (χ3n) is 4.72. The van der Waals surface area contributed by atoms with E-state index in [2.05, 4.69) is 74.3 Å². The van der Waals surface area contributed by atoms with E-state index >= 15 is 0 Å². The highest BCUT2D eigenvalue weighted by molar-refractivity contribution is 5.82. The minimum atomic E-state index is -1.10. The van der Waals surface area contributed by atoms with Crippen molar-refractivity contribution in [1.82, 2.24) is 0 Å². The Morgan fingerprint density at radius 2 is 1.08 bits per heavy atom. The average molecular weight is 513 g/mol. The zero-order valence-electron chi connectivity index (χ0n) is 22.7. The van der Waals surface area contributed by atoms with Gasteiger partial charge in [-0.2, -0.15) is 0 Å². The third kappa shape index (κ3) is 21.6. The molecule has 0 amide bonds. The molecule has 6 nitrogen and oxygen atoms in total. The molecule has 0 aliphatic heterocycles. The van der Waals surface area contributed by atoms with Crippen LogP contribution in [-0.2, 0) is 28.6 Å². The van der Waals surface area contributed by atoms with Gasteiger partial charge in [-0.25, -0.2) is 9.59 Å². The molecule has 204 valence electrons. The number of carbonyl (C=O) groups excluding carboxylic acids is 3. The molecule has 0 aliphatic rings. The van der Waals surface area contributed by atoms with Gasteiger partial charge in [-0.3, -0.25) is 4.79 Å². The summed E-state index contributed by atoms with van der Waals surface area (Å²) in [4.78, 5) is 35.5. The Kier molecular flexibility index (Phi) is 22.1. The van der Waals surface area contributed by atoms with Crippen molar-refractivity contribution in [2.24, 2.45) is 0 Å². The van der Waals surface area contributed by atoms with Crippen molar-refractivity contribution in [3.8, 4) is 0 Å². The highest BCUT2D eigenvalue weighted by atomic mass is 16.6. The number of ether oxygens (including phenoxy) is 3. The third-order valence-corrected chi connectivity index (χ3v) is 4.72. The summed E-state index contributed by atoms with van der Waals surface area (Å²) in [7, 11) is 0. The summed E-state index contributed by atoms with van der Waals surface area (Å²) in [5.74, 6) is -2.00. The first-order valence-electron chi connectivity index (χ1n) is 13.0. The van der Waals surface area contributed by atoms with Gasteiger partial charge in [-0.05, 0) is 58.8 Å². The number of esters is 3. The second kappa shape index (κ2) is 24.3. The van der Waals surface area contributed by atoms with Gasteiger partial charge in [0.2, 0.25) is 0 Å². The fourth-order valence-electron chi connectivity index (χ4n) is 2.72. The Morgan fingerprint density at radius 3 is 1.54 bits per heavy atom. The molecule has 37 heavy (non-hydrogen) atoms. The summed E-state index contributed by atoms with van der Waals surface area (Å²) in [5, 5.41) is 0. The Labute approximate surface area is 223 Å². The molecule has 0 saturated carbocycles. The largest absolute Gasteiger partial charge is 0.459 e. The lowest BCUT2D eigenvalue weighted by Gasteiger charge is -2.16. The van der Waals surface area contributed by atoms with Gasteiger partial charge in [-0.1, -0.05) is 92.5 Å². The van der Waals surface area contributed by atoms with E-state index in [1.807, 2.05) is 12.2 Å². The summed E-state index contributed by atoms with van der Waals surface area (Å²) in [5.41, 5.74) is 0. The van der Waals surface area contributed by atoms with Crippen LogP contribution in [-0.4, -0.2) is 36.7 Å². The smallest absolute Gasteiger partial charge is 0.347 e. The number of carbonyl (C=O) groups is 3. The Balaban J connectivity index is 3.90. The summed E-state index contributed by atoms with van der Waals surface area (Å²) >= 11 is 0. The topological polar surface area (TPSA) is 78.9 Å². The van der Waals surface area contributed by atoms with Crippen LogP contribution < -0.4 is 0 Å². The maximum atomic E-state index is 12.0. The van der Waals surface area contributed by atoms with Crippen LogP contribution in [0.4, 0.5) is 0 Å². The number of hydrogen-bond acceptors (Lipinski definition) is 6. The van der Waals surface area contributed by atoms with E-state index in [0.29, 0.717) is 6.42 Å². The van der Waals surface area contributed by atoms with Gasteiger partial charge in [-0.15, -0.1) is 0 Å². The van der Waals surface area contributed by atoms with Crippen molar-refractivity contribution < 1.29 is 28.6 Å². The van der Waals surface area contributed by atoms with E-state index in [-0.39, 0.29) is 13.0 Å². The minimum Gasteiger partial charge on any atom is -0.459 e. The number of rotatable bonds is 20. The lowest BCUT2D eigenvalue weighted by molar-refractivity contribution is -0.176. The maximum absolute atomic E-state index is 12.0. The van der Waals surface area contributed by atoms with Gasteiger partial charge in [0.25, 0.3) is 0 Å². The summed E-state index contributed by atoms with van der Waals surface area (Å²) < 4.78 is 14.8. The van der Waals surface area contributed by atoms with Gasteiger partial charge in [0.1, 0.15) is 6.61 Å². The molecule has 0 heterocycles. The van der Waals surface area contributed by atoms with Crippen LogP contribution in [0.5, 0.6) is 0 Å². The van der Waals surface area contributed by atoms with Crippen molar-refractivity contribution in [2.75, 3.05) is 6.61 Å². The van der Waals surface area contributed by atoms with Crippen LogP contribution in [0.15, 0.2) is 85.6 Å². The molecule has 0 N–H and O–H groups in total. The second-order valence-electron chi connectivity index (χ2n) is 8.08. The zero-order chi connectivity index (χ0) is 27.6. The van der Waals surface area contributed by atoms with Crippen LogP contribution in [0, 0.1) is 0 Å². The predicted octanol–water partition coefficient (Wildman–Crippen LogP) is 7.06. The van der Waals surface area contributed by atoms with Crippen LogP contribution in [0.1, 0.15) is 72.1 Å². The van der Waals surface area contributed by atoms with E-state index in [9.17, 15) is 14.4 Å². The molecule has 0 aromatic heterocycles. The average Bonchev–Trinajstić information content (AvgIpc) is 2.88. The zero-order valence-corrected chi connectivity index (χ0v) is 22.7. The molecular weight excluding hydrogens is 468 g/mol. The van der Waals surface area contributed by atoms with Gasteiger partial charge in [0.15, 0.2) is 12.2 Å². The van der Waals surface area contributed by atoms with Crippen molar-refractivity contribution >= 4 is 17.9 Å². The molecule has 0 saturated heterocycles. The van der Waals surface area contributed by atoms with E-state index in [0.717, 1.165) is 38.5 Å². The molecule has 0 spiro atoms. The van der Waals surface area contributed by atoms with Crippen molar-refractivity contribution in [3.63, 3.8) is 0 Å². The summed E-state index contributed by atoms with van der Waals surface area (Å²) in [6.07, 6.45) is 31.0. The predicted molar refractivity (Wildman–Crippen MR) is 150 cm³/mol. The molecule has 2 atom stereocenters. The standard InChI is InChI=1S/C31H44O6/c1-5-7-8-9-10-11-12-13-14-15-16-17-18-19-20-21-22-23-24-25-29(32)36-28(4)31(34)37-27(3)30(33)35-26-6-2/h6-8,10-11,13-14,16-17,19-20,22-23,27-28H,2,5,9,12,15,18,21,24-26H2,1,3-4H3/b8-7-,11-10-,14-13-,17-16-,20-19-,23-22-/t27-,28-/m0/s1. The molecule has 6 heteroatoms. The SMILES string of the molecule is C=CCOC(=O)[C@H](C)OC(=O)[C@H](C)OC(=O)CC/C=C\C/C=C\C/C=C\C/C=C\C/C=C\C/C=C\CC. The molecule has 0 aromatic carbocycles. The maximum Gasteiger partial charge on any atom is 0.347 e. The highest BCUT2D eigenvalue weighted by Crippen LogP contribution is 2.05. The Morgan fingerprint density at radius 1 is 0.649 bits per heavy atom. The molecule has 0 fully saturated rings.